The molecule has 2 aliphatic heterocycles. The van der Waals surface area contributed by atoms with Crippen LogP contribution in [-0.2, 0) is 19.0 Å². The molecule has 0 aromatic carbocycles. The van der Waals surface area contributed by atoms with Crippen LogP contribution in [0, 0.1) is 0 Å². The Hall–Kier alpha value is -0.870. The predicted molar refractivity (Wildman–Crippen MR) is 50.9 cm³/mol. The molecule has 0 aromatic heterocycles. The van der Waals surface area contributed by atoms with Gasteiger partial charge in [-0.1, -0.05) is 6.58 Å². The number of carbonyl (C=O) groups excluding carboxylic acids is 1. The maximum Gasteiger partial charge on any atom is 0.333 e. The highest BCUT2D eigenvalue weighted by Gasteiger charge is 2.24. The van der Waals surface area contributed by atoms with Crippen molar-refractivity contribution < 1.29 is 19.0 Å². The summed E-state index contributed by atoms with van der Waals surface area (Å²) in [4.78, 5) is 10.7. The maximum absolute atomic E-state index is 10.7. The minimum Gasteiger partial charge on any atom is -0.459 e. The molecular weight excluding hydrogens is 184 g/mol. The molecule has 2 rings (SSSR count). The quantitative estimate of drug-likeness (QED) is 0.386. The Morgan fingerprint density at radius 2 is 2.00 bits per heavy atom. The van der Waals surface area contributed by atoms with E-state index in [9.17, 15) is 4.79 Å². The van der Waals surface area contributed by atoms with E-state index in [1.54, 1.807) is 6.92 Å². The first kappa shape index (κ1) is 11.2. The number of epoxide rings is 2. The fourth-order valence-corrected chi connectivity index (χ4v) is 0.552. The van der Waals surface area contributed by atoms with Crippen LogP contribution in [0.25, 0.3) is 0 Å². The van der Waals surface area contributed by atoms with Gasteiger partial charge in [-0.05, 0) is 13.8 Å². The second-order valence-electron chi connectivity index (χ2n) is 3.48. The highest BCUT2D eigenvalue weighted by molar-refractivity contribution is 5.86. The summed E-state index contributed by atoms with van der Waals surface area (Å²) in [6.45, 7) is 9.18. The zero-order valence-corrected chi connectivity index (χ0v) is 8.62. The van der Waals surface area contributed by atoms with Crippen molar-refractivity contribution in [2.75, 3.05) is 19.8 Å². The van der Waals surface area contributed by atoms with Gasteiger partial charge in [0.25, 0.3) is 0 Å². The Morgan fingerprint density at radius 1 is 1.50 bits per heavy atom. The predicted octanol–water partition coefficient (Wildman–Crippen LogP) is 0.910. The lowest BCUT2D eigenvalue weighted by Gasteiger charge is -1.99. The van der Waals surface area contributed by atoms with Gasteiger partial charge < -0.3 is 14.2 Å². The molecule has 4 nitrogen and oxygen atoms in total. The first-order valence-corrected chi connectivity index (χ1v) is 4.65. The summed E-state index contributed by atoms with van der Waals surface area (Å²) in [7, 11) is 0. The molecule has 0 radical (unpaired) electrons. The molecule has 2 saturated heterocycles. The standard InChI is InChI=1S/C7H10O3.C3H6O/c1-5(2)7(8)10-4-6-3-9-6;1-3-2-4-3/h6H,1,3-4H2,2H3;3H,2H2,1H3. The van der Waals surface area contributed by atoms with Crippen LogP contribution in [-0.4, -0.2) is 38.0 Å². The van der Waals surface area contributed by atoms with Gasteiger partial charge >= 0.3 is 5.97 Å². The Balaban J connectivity index is 0.000000203. The molecule has 80 valence electrons. The normalized spacial score (nSPS) is 27.0. The average Bonchev–Trinajstić information content (AvgIpc) is 2.97. The van der Waals surface area contributed by atoms with Gasteiger partial charge in [0.2, 0.25) is 0 Å². The first-order valence-electron chi connectivity index (χ1n) is 4.65. The van der Waals surface area contributed by atoms with Crippen molar-refractivity contribution >= 4 is 5.97 Å². The number of hydrogen-bond donors (Lipinski definition) is 0. The zero-order valence-electron chi connectivity index (χ0n) is 8.62. The van der Waals surface area contributed by atoms with E-state index in [0.29, 0.717) is 24.9 Å². The number of hydrogen-bond acceptors (Lipinski definition) is 4. The van der Waals surface area contributed by atoms with E-state index in [2.05, 4.69) is 13.5 Å². The van der Waals surface area contributed by atoms with Crippen LogP contribution in [0.2, 0.25) is 0 Å². The second kappa shape index (κ2) is 5.12. The molecule has 14 heavy (non-hydrogen) atoms. The molecule has 2 fully saturated rings. The van der Waals surface area contributed by atoms with E-state index in [0.717, 1.165) is 6.61 Å². The van der Waals surface area contributed by atoms with E-state index in [1.807, 2.05) is 0 Å². The largest absolute Gasteiger partial charge is 0.459 e. The fraction of sp³-hybridized carbons (Fsp3) is 0.700. The number of esters is 1. The smallest absolute Gasteiger partial charge is 0.333 e. The summed E-state index contributed by atoms with van der Waals surface area (Å²) < 4.78 is 14.3. The lowest BCUT2D eigenvalue weighted by atomic mass is 10.4. The van der Waals surface area contributed by atoms with Crippen molar-refractivity contribution in [3.63, 3.8) is 0 Å². The van der Waals surface area contributed by atoms with Gasteiger partial charge in [-0.3, -0.25) is 0 Å². The van der Waals surface area contributed by atoms with Crippen LogP contribution in [0.4, 0.5) is 0 Å². The van der Waals surface area contributed by atoms with Gasteiger partial charge in [0, 0.05) is 5.57 Å². The van der Waals surface area contributed by atoms with Gasteiger partial charge in [0.05, 0.1) is 19.3 Å². The lowest BCUT2D eigenvalue weighted by molar-refractivity contribution is -0.139. The molecule has 2 atom stereocenters. The molecule has 0 spiro atoms. The molecule has 0 aromatic rings. The van der Waals surface area contributed by atoms with Gasteiger partial charge in [-0.2, -0.15) is 0 Å². The van der Waals surface area contributed by atoms with Crippen LogP contribution in [0.3, 0.4) is 0 Å². The highest BCUT2D eigenvalue weighted by atomic mass is 16.6. The Labute approximate surface area is 83.8 Å². The maximum atomic E-state index is 10.7. The van der Waals surface area contributed by atoms with Crippen molar-refractivity contribution in [2.45, 2.75) is 26.1 Å². The van der Waals surface area contributed by atoms with E-state index in [-0.39, 0.29) is 12.1 Å². The number of ether oxygens (including phenoxy) is 3. The topological polar surface area (TPSA) is 51.4 Å². The molecule has 4 heteroatoms. The molecule has 0 amide bonds. The minimum atomic E-state index is -0.337. The average molecular weight is 200 g/mol. The van der Waals surface area contributed by atoms with Crippen molar-refractivity contribution in [2.24, 2.45) is 0 Å². The molecular formula is C10H16O4. The van der Waals surface area contributed by atoms with Crippen LogP contribution in [0.5, 0.6) is 0 Å². The third-order valence-electron chi connectivity index (χ3n) is 1.65. The second-order valence-corrected chi connectivity index (χ2v) is 3.48. The Bertz CT molecular complexity index is 216. The van der Waals surface area contributed by atoms with Crippen molar-refractivity contribution in [3.8, 4) is 0 Å². The summed E-state index contributed by atoms with van der Waals surface area (Å²) in [5, 5.41) is 0. The Morgan fingerprint density at radius 3 is 2.29 bits per heavy atom. The number of rotatable bonds is 3. The van der Waals surface area contributed by atoms with Crippen LogP contribution in [0.15, 0.2) is 12.2 Å². The van der Waals surface area contributed by atoms with Crippen LogP contribution in [0.1, 0.15) is 13.8 Å². The molecule has 2 heterocycles. The highest BCUT2D eigenvalue weighted by Crippen LogP contribution is 2.09. The molecule has 2 aliphatic rings. The molecule has 0 bridgehead atoms. The van der Waals surface area contributed by atoms with Crippen LogP contribution >= 0.6 is 0 Å². The van der Waals surface area contributed by atoms with Gasteiger partial charge in [-0.25, -0.2) is 4.79 Å². The van der Waals surface area contributed by atoms with Crippen molar-refractivity contribution in [3.05, 3.63) is 12.2 Å². The van der Waals surface area contributed by atoms with Gasteiger partial charge in [-0.15, -0.1) is 0 Å². The van der Waals surface area contributed by atoms with E-state index in [4.69, 9.17) is 14.2 Å². The lowest BCUT2D eigenvalue weighted by Crippen LogP contribution is -2.09. The summed E-state index contributed by atoms with van der Waals surface area (Å²) in [6, 6.07) is 0. The third kappa shape index (κ3) is 5.72. The third-order valence-corrected chi connectivity index (χ3v) is 1.65. The fourth-order valence-electron chi connectivity index (χ4n) is 0.552. The summed E-state index contributed by atoms with van der Waals surface area (Å²) in [5.74, 6) is -0.337. The molecule has 0 saturated carbocycles. The molecule has 0 N–H and O–H groups in total. The van der Waals surface area contributed by atoms with E-state index >= 15 is 0 Å². The SMILES string of the molecule is C=C(C)C(=O)OCC1CO1.CC1CO1. The Kier molecular flexibility index (Phi) is 4.10. The monoisotopic (exact) mass is 200 g/mol. The van der Waals surface area contributed by atoms with Gasteiger partial charge in [0.1, 0.15) is 12.7 Å². The summed E-state index contributed by atoms with van der Waals surface area (Å²) >= 11 is 0. The van der Waals surface area contributed by atoms with E-state index in [1.165, 1.54) is 0 Å². The number of carbonyl (C=O) groups is 1. The van der Waals surface area contributed by atoms with Crippen molar-refractivity contribution in [1.82, 2.24) is 0 Å². The summed E-state index contributed by atoms with van der Waals surface area (Å²) in [6.07, 6.45) is 0.725. The van der Waals surface area contributed by atoms with Gasteiger partial charge in [0.15, 0.2) is 0 Å². The zero-order chi connectivity index (χ0) is 10.6. The summed E-state index contributed by atoms with van der Waals surface area (Å²) in [5.41, 5.74) is 0.431. The van der Waals surface area contributed by atoms with Crippen molar-refractivity contribution in [1.29, 1.82) is 0 Å². The van der Waals surface area contributed by atoms with Crippen LogP contribution < -0.4 is 0 Å². The minimum absolute atomic E-state index is 0.142. The molecule has 0 aliphatic carbocycles. The van der Waals surface area contributed by atoms with E-state index < -0.39 is 0 Å². The molecule has 2 unspecified atom stereocenters. The first-order chi connectivity index (χ1) is 6.59.